The number of imide groups is 1. The van der Waals surface area contributed by atoms with E-state index < -0.39 is 17.5 Å². The second-order valence-electron chi connectivity index (χ2n) is 3.34. The number of amides is 3. The van der Waals surface area contributed by atoms with E-state index in [1.54, 1.807) is 12.1 Å². The fraction of sp³-hybridized carbons (Fsp3) is 0.100. The predicted octanol–water partition coefficient (Wildman–Crippen LogP) is 0.574. The van der Waals surface area contributed by atoms with Crippen LogP contribution in [0.4, 0.5) is 4.79 Å². The molecule has 0 bridgehead atoms. The molecule has 1 atom stereocenters. The van der Waals surface area contributed by atoms with Gasteiger partial charge in [-0.15, -0.1) is 0 Å². The molecule has 1 aliphatic rings. The molecule has 5 nitrogen and oxygen atoms in total. The molecular weight excluding hydrogens is 232 g/mol. The molecule has 2 rings (SSSR count). The molecule has 16 heavy (non-hydrogen) atoms. The zero-order valence-electron chi connectivity index (χ0n) is 7.99. The van der Waals surface area contributed by atoms with Crippen molar-refractivity contribution in [2.75, 3.05) is 0 Å². The van der Waals surface area contributed by atoms with Gasteiger partial charge < -0.3 is 5.32 Å². The molecule has 1 aromatic rings. The van der Waals surface area contributed by atoms with Gasteiger partial charge in [-0.05, 0) is 17.7 Å². The van der Waals surface area contributed by atoms with E-state index in [4.69, 9.17) is 11.6 Å². The van der Waals surface area contributed by atoms with Crippen LogP contribution in [0, 0.1) is 0 Å². The van der Waals surface area contributed by atoms with Crippen molar-refractivity contribution in [3.8, 4) is 0 Å². The molecule has 1 aromatic carbocycles. The molecule has 1 aliphatic heterocycles. The van der Waals surface area contributed by atoms with E-state index in [0.717, 1.165) is 0 Å². The average Bonchev–Trinajstić information content (AvgIpc) is 2.55. The van der Waals surface area contributed by atoms with Gasteiger partial charge in [0.2, 0.25) is 5.54 Å². The van der Waals surface area contributed by atoms with Crippen LogP contribution in [0.25, 0.3) is 0 Å². The van der Waals surface area contributed by atoms with Crippen molar-refractivity contribution >= 4 is 29.8 Å². The summed E-state index contributed by atoms with van der Waals surface area (Å²) in [5.74, 6) is -0.685. The monoisotopic (exact) mass is 238 g/mol. The third-order valence-corrected chi connectivity index (χ3v) is 2.62. The van der Waals surface area contributed by atoms with E-state index in [1.807, 2.05) is 5.32 Å². The summed E-state index contributed by atoms with van der Waals surface area (Å²) in [6.45, 7) is 0. The SMILES string of the molecule is O=C[C@]1(c2ccc(Cl)cc2)NC(=O)NC1=O. The van der Waals surface area contributed by atoms with Crippen LogP contribution in [-0.2, 0) is 15.1 Å². The van der Waals surface area contributed by atoms with Crippen molar-refractivity contribution in [1.82, 2.24) is 10.6 Å². The minimum Gasteiger partial charge on any atom is -0.314 e. The van der Waals surface area contributed by atoms with Crippen molar-refractivity contribution in [3.63, 3.8) is 0 Å². The van der Waals surface area contributed by atoms with E-state index in [-0.39, 0.29) is 0 Å². The molecule has 0 spiro atoms. The Morgan fingerprint density at radius 2 is 1.81 bits per heavy atom. The van der Waals surface area contributed by atoms with Gasteiger partial charge in [0.25, 0.3) is 5.91 Å². The summed E-state index contributed by atoms with van der Waals surface area (Å²) in [5, 5.41) is 4.79. The summed E-state index contributed by atoms with van der Waals surface area (Å²) >= 11 is 5.70. The van der Waals surface area contributed by atoms with Crippen LogP contribution in [0.2, 0.25) is 5.02 Å². The van der Waals surface area contributed by atoms with Crippen molar-refractivity contribution in [2.45, 2.75) is 5.54 Å². The molecule has 0 saturated carbocycles. The Morgan fingerprint density at radius 1 is 1.19 bits per heavy atom. The molecule has 82 valence electrons. The number of hydrogen-bond acceptors (Lipinski definition) is 3. The third-order valence-electron chi connectivity index (χ3n) is 2.37. The fourth-order valence-corrected chi connectivity index (χ4v) is 1.66. The van der Waals surface area contributed by atoms with Crippen molar-refractivity contribution in [2.24, 2.45) is 0 Å². The van der Waals surface area contributed by atoms with Crippen molar-refractivity contribution in [3.05, 3.63) is 34.9 Å². The Hall–Kier alpha value is -1.88. The Balaban J connectivity index is 2.50. The van der Waals surface area contributed by atoms with E-state index in [1.165, 1.54) is 12.1 Å². The van der Waals surface area contributed by atoms with E-state index in [2.05, 4.69) is 5.32 Å². The van der Waals surface area contributed by atoms with Gasteiger partial charge in [-0.2, -0.15) is 0 Å². The first-order chi connectivity index (χ1) is 7.58. The summed E-state index contributed by atoms with van der Waals surface area (Å²) in [6.07, 6.45) is 0.399. The predicted molar refractivity (Wildman–Crippen MR) is 55.9 cm³/mol. The third kappa shape index (κ3) is 1.45. The molecule has 1 fully saturated rings. The van der Waals surface area contributed by atoms with Crippen LogP contribution < -0.4 is 10.6 Å². The molecule has 0 aromatic heterocycles. The largest absolute Gasteiger partial charge is 0.322 e. The number of halogens is 1. The molecule has 1 heterocycles. The summed E-state index contributed by atoms with van der Waals surface area (Å²) in [4.78, 5) is 33.7. The van der Waals surface area contributed by atoms with Gasteiger partial charge in [0, 0.05) is 5.02 Å². The van der Waals surface area contributed by atoms with Crippen LogP contribution >= 0.6 is 11.6 Å². The van der Waals surface area contributed by atoms with Crippen LogP contribution in [0.5, 0.6) is 0 Å². The lowest BCUT2D eigenvalue weighted by Gasteiger charge is -2.19. The van der Waals surface area contributed by atoms with Gasteiger partial charge in [-0.25, -0.2) is 4.79 Å². The number of nitrogens with one attached hydrogen (secondary N) is 2. The maximum absolute atomic E-state index is 11.6. The van der Waals surface area contributed by atoms with Gasteiger partial charge in [0.05, 0.1) is 0 Å². The van der Waals surface area contributed by atoms with Crippen molar-refractivity contribution in [1.29, 1.82) is 0 Å². The van der Waals surface area contributed by atoms with Crippen LogP contribution in [0.3, 0.4) is 0 Å². The summed E-state index contributed by atoms with van der Waals surface area (Å²) in [6, 6.07) is 5.43. The average molecular weight is 239 g/mol. The Labute approximate surface area is 95.8 Å². The molecule has 1 saturated heterocycles. The highest BCUT2D eigenvalue weighted by atomic mass is 35.5. The quantitative estimate of drug-likeness (QED) is 0.449. The number of carbonyl (C=O) groups is 3. The first-order valence-electron chi connectivity index (χ1n) is 4.44. The van der Waals surface area contributed by atoms with Crippen LogP contribution in [0.1, 0.15) is 5.56 Å². The van der Waals surface area contributed by atoms with Crippen molar-refractivity contribution < 1.29 is 14.4 Å². The first-order valence-corrected chi connectivity index (χ1v) is 4.82. The smallest absolute Gasteiger partial charge is 0.314 e. The van der Waals surface area contributed by atoms with E-state index in [0.29, 0.717) is 16.9 Å². The molecule has 0 aliphatic carbocycles. The standard InChI is InChI=1S/C10H7ClN2O3/c11-7-3-1-6(2-4-7)10(5-14)8(15)12-9(16)13-10/h1-5H,(H2,12,13,15,16)/t10-/m1/s1. The normalized spacial score (nSPS) is 23.8. The second kappa shape index (κ2) is 3.61. The summed E-state index contributed by atoms with van der Waals surface area (Å²) in [7, 11) is 0. The van der Waals surface area contributed by atoms with Crippen LogP contribution in [-0.4, -0.2) is 18.2 Å². The highest BCUT2D eigenvalue weighted by molar-refractivity contribution is 6.30. The van der Waals surface area contributed by atoms with Gasteiger partial charge in [-0.1, -0.05) is 23.7 Å². The topological polar surface area (TPSA) is 75.3 Å². The fourth-order valence-electron chi connectivity index (χ4n) is 1.54. The Bertz CT molecular complexity index is 471. The minimum absolute atomic E-state index is 0.371. The zero-order valence-corrected chi connectivity index (χ0v) is 8.75. The molecular formula is C10H7ClN2O3. The maximum atomic E-state index is 11.6. The van der Waals surface area contributed by atoms with Gasteiger partial charge in [-0.3, -0.25) is 14.9 Å². The molecule has 0 radical (unpaired) electrons. The molecule has 2 N–H and O–H groups in total. The molecule has 3 amide bonds. The number of rotatable bonds is 2. The highest BCUT2D eigenvalue weighted by Crippen LogP contribution is 2.24. The summed E-state index contributed by atoms with van der Waals surface area (Å²) in [5.41, 5.74) is -1.27. The lowest BCUT2D eigenvalue weighted by Crippen LogP contribution is -2.45. The summed E-state index contributed by atoms with van der Waals surface area (Å²) < 4.78 is 0. The zero-order chi connectivity index (χ0) is 11.8. The number of carbonyl (C=O) groups excluding carboxylic acids is 3. The highest BCUT2D eigenvalue weighted by Gasteiger charge is 2.47. The van der Waals surface area contributed by atoms with Crippen LogP contribution in [0.15, 0.2) is 24.3 Å². The Kier molecular flexibility index (Phi) is 2.40. The number of aldehydes is 1. The van der Waals surface area contributed by atoms with E-state index >= 15 is 0 Å². The lowest BCUT2D eigenvalue weighted by atomic mass is 9.92. The first kappa shape index (κ1) is 10.6. The number of hydrogen-bond donors (Lipinski definition) is 2. The maximum Gasteiger partial charge on any atom is 0.322 e. The number of urea groups is 1. The van der Waals surface area contributed by atoms with E-state index in [9.17, 15) is 14.4 Å². The lowest BCUT2D eigenvalue weighted by molar-refractivity contribution is -0.129. The Morgan fingerprint density at radius 3 is 2.25 bits per heavy atom. The molecule has 6 heteroatoms. The van der Waals surface area contributed by atoms with Gasteiger partial charge >= 0.3 is 6.03 Å². The molecule has 0 unspecified atom stereocenters. The number of benzene rings is 1. The van der Waals surface area contributed by atoms with Gasteiger partial charge in [0.15, 0.2) is 6.29 Å². The minimum atomic E-state index is -1.64. The second-order valence-corrected chi connectivity index (χ2v) is 3.78. The van der Waals surface area contributed by atoms with Gasteiger partial charge in [0.1, 0.15) is 0 Å².